The molecule has 0 radical (unpaired) electrons. The smallest absolute Gasteiger partial charge is 0.338 e. The third-order valence-electron chi connectivity index (χ3n) is 6.95. The number of rotatable bonds is 7. The second-order valence-electron chi connectivity index (χ2n) is 9.73. The SMILES string of the molecule is CCOC(=O)C1=C(c2ccccc2)N=c2s/c(=C\c3ccc(-c4cc(Cl)c(Br)c([N+](=O)[O-])c4)o3)c(=O)n2[C@@H]1c1ccc(Cl)cc1. The van der Waals surface area contributed by atoms with E-state index in [1.54, 1.807) is 55.5 Å². The van der Waals surface area contributed by atoms with Crippen molar-refractivity contribution in [3.05, 3.63) is 146 Å². The van der Waals surface area contributed by atoms with Crippen molar-refractivity contribution in [2.45, 2.75) is 13.0 Å². The van der Waals surface area contributed by atoms with E-state index in [1.807, 2.05) is 30.3 Å². The number of benzene rings is 3. The van der Waals surface area contributed by atoms with E-state index in [0.29, 0.717) is 48.3 Å². The summed E-state index contributed by atoms with van der Waals surface area (Å²) in [5, 5.41) is 12.1. The second kappa shape index (κ2) is 12.6. The van der Waals surface area contributed by atoms with Crippen LogP contribution in [0.3, 0.4) is 0 Å². The van der Waals surface area contributed by atoms with Gasteiger partial charge in [0.1, 0.15) is 16.0 Å². The molecule has 1 atom stereocenters. The number of hydrogen-bond donors (Lipinski definition) is 0. The van der Waals surface area contributed by atoms with Crippen LogP contribution in [0.1, 0.15) is 29.9 Å². The van der Waals surface area contributed by atoms with Gasteiger partial charge in [-0.1, -0.05) is 77.0 Å². The first-order valence-electron chi connectivity index (χ1n) is 13.4. The lowest BCUT2D eigenvalue weighted by molar-refractivity contribution is -0.385. The molecule has 1 aliphatic rings. The van der Waals surface area contributed by atoms with Crippen LogP contribution in [0.2, 0.25) is 10.0 Å². The molecule has 0 fully saturated rings. The van der Waals surface area contributed by atoms with Crippen LogP contribution in [0.25, 0.3) is 23.1 Å². The highest BCUT2D eigenvalue weighted by molar-refractivity contribution is 9.10. The first kappa shape index (κ1) is 30.7. The summed E-state index contributed by atoms with van der Waals surface area (Å²) in [5.41, 5.74) is 1.74. The first-order chi connectivity index (χ1) is 21.7. The molecule has 9 nitrogen and oxygen atoms in total. The molecule has 0 spiro atoms. The van der Waals surface area contributed by atoms with Gasteiger partial charge in [-0.2, -0.15) is 0 Å². The monoisotopic (exact) mass is 723 g/mol. The highest BCUT2D eigenvalue weighted by atomic mass is 79.9. The Morgan fingerprint density at radius 2 is 1.84 bits per heavy atom. The maximum Gasteiger partial charge on any atom is 0.338 e. The number of hydrogen-bond acceptors (Lipinski definition) is 8. The fourth-order valence-electron chi connectivity index (χ4n) is 4.97. The molecule has 13 heteroatoms. The Bertz CT molecular complexity index is 2190. The van der Waals surface area contributed by atoms with Gasteiger partial charge in [0.15, 0.2) is 4.80 Å². The van der Waals surface area contributed by atoms with Crippen molar-refractivity contribution in [2.24, 2.45) is 4.99 Å². The topological polar surface area (TPSA) is 117 Å². The number of thiazole rings is 1. The van der Waals surface area contributed by atoms with Gasteiger partial charge in [0.25, 0.3) is 11.2 Å². The molecule has 0 bridgehead atoms. The van der Waals surface area contributed by atoms with E-state index < -0.39 is 22.5 Å². The van der Waals surface area contributed by atoms with Gasteiger partial charge in [0.05, 0.1) is 38.4 Å². The number of carbonyl (C=O) groups excluding carboxylic acids is 1. The van der Waals surface area contributed by atoms with Gasteiger partial charge >= 0.3 is 5.97 Å². The van der Waals surface area contributed by atoms with Gasteiger partial charge in [-0.25, -0.2) is 9.79 Å². The molecule has 3 heterocycles. The molecular formula is C32H20BrCl2N3O6S. The third kappa shape index (κ3) is 5.91. The van der Waals surface area contributed by atoms with E-state index in [1.165, 1.54) is 10.6 Å². The van der Waals surface area contributed by atoms with E-state index in [9.17, 15) is 19.7 Å². The van der Waals surface area contributed by atoms with Crippen molar-refractivity contribution in [1.82, 2.24) is 4.57 Å². The van der Waals surface area contributed by atoms with Crippen molar-refractivity contribution >= 4 is 73.9 Å². The minimum Gasteiger partial charge on any atom is -0.463 e. The maximum absolute atomic E-state index is 14.1. The molecular weight excluding hydrogens is 705 g/mol. The summed E-state index contributed by atoms with van der Waals surface area (Å²) in [6.45, 7) is 1.85. The Hall–Kier alpha value is -4.29. The fourth-order valence-corrected chi connectivity index (χ4v) is 6.66. The number of aromatic nitrogens is 1. The molecule has 0 aliphatic carbocycles. The van der Waals surface area contributed by atoms with Gasteiger partial charge in [0, 0.05) is 28.3 Å². The number of esters is 1. The molecule has 0 amide bonds. The van der Waals surface area contributed by atoms with Crippen LogP contribution < -0.4 is 14.9 Å². The number of carbonyl (C=O) groups is 1. The van der Waals surface area contributed by atoms with Crippen LogP contribution in [-0.2, 0) is 9.53 Å². The third-order valence-corrected chi connectivity index (χ3v) is 9.54. The van der Waals surface area contributed by atoms with Crippen LogP contribution in [0.5, 0.6) is 0 Å². The van der Waals surface area contributed by atoms with E-state index >= 15 is 0 Å². The number of ether oxygens (including phenoxy) is 1. The predicted octanol–water partition coefficient (Wildman–Crippen LogP) is 7.17. The Kier molecular flexibility index (Phi) is 8.61. The van der Waals surface area contributed by atoms with Crippen molar-refractivity contribution in [2.75, 3.05) is 6.61 Å². The number of halogens is 3. The minimum absolute atomic E-state index is 0.135. The number of nitro benzene ring substituents is 1. The normalized spacial score (nSPS) is 14.7. The second-order valence-corrected chi connectivity index (χ2v) is 12.4. The summed E-state index contributed by atoms with van der Waals surface area (Å²) in [6, 6.07) is 21.5. The highest BCUT2D eigenvalue weighted by Gasteiger charge is 2.35. The van der Waals surface area contributed by atoms with Crippen molar-refractivity contribution in [3.8, 4) is 11.3 Å². The Labute approximate surface area is 277 Å². The average molecular weight is 725 g/mol. The lowest BCUT2D eigenvalue weighted by Crippen LogP contribution is -2.39. The zero-order valence-electron chi connectivity index (χ0n) is 23.2. The zero-order valence-corrected chi connectivity index (χ0v) is 27.1. The highest BCUT2D eigenvalue weighted by Crippen LogP contribution is 2.38. The van der Waals surface area contributed by atoms with E-state index in [2.05, 4.69) is 15.9 Å². The van der Waals surface area contributed by atoms with E-state index in [-0.39, 0.29) is 27.4 Å². The van der Waals surface area contributed by atoms with Crippen LogP contribution >= 0.6 is 50.5 Å². The lowest BCUT2D eigenvalue weighted by atomic mass is 9.93. The van der Waals surface area contributed by atoms with Crippen LogP contribution in [0.4, 0.5) is 5.69 Å². The summed E-state index contributed by atoms with van der Waals surface area (Å²) in [5.74, 6) is 0.0571. The van der Waals surface area contributed by atoms with Crippen LogP contribution in [-0.4, -0.2) is 22.1 Å². The Balaban J connectivity index is 1.53. The molecule has 2 aromatic heterocycles. The largest absolute Gasteiger partial charge is 0.463 e. The molecule has 5 aromatic rings. The number of furan rings is 1. The minimum atomic E-state index is -0.854. The molecule has 0 saturated heterocycles. The average Bonchev–Trinajstić information content (AvgIpc) is 3.62. The van der Waals surface area contributed by atoms with Crippen LogP contribution in [0.15, 0.2) is 103 Å². The maximum atomic E-state index is 14.1. The fraction of sp³-hybridized carbons (Fsp3) is 0.0938. The van der Waals surface area contributed by atoms with Gasteiger partial charge in [-0.3, -0.25) is 19.5 Å². The summed E-state index contributed by atoms with van der Waals surface area (Å²) in [6.07, 6.45) is 1.57. The zero-order chi connectivity index (χ0) is 31.8. The molecule has 0 saturated carbocycles. The molecule has 226 valence electrons. The van der Waals surface area contributed by atoms with Crippen molar-refractivity contribution < 1.29 is 18.9 Å². The molecule has 1 aliphatic heterocycles. The Morgan fingerprint density at radius 3 is 2.53 bits per heavy atom. The molecule has 6 rings (SSSR count). The quantitative estimate of drug-likeness (QED) is 0.0998. The number of nitro groups is 1. The number of nitrogens with zero attached hydrogens (tertiary/aromatic N) is 3. The summed E-state index contributed by atoms with van der Waals surface area (Å²) in [4.78, 5) is 43.7. The summed E-state index contributed by atoms with van der Waals surface area (Å²) >= 11 is 16.7. The van der Waals surface area contributed by atoms with Gasteiger partial charge in [-0.15, -0.1) is 0 Å². The molecule has 0 unspecified atom stereocenters. The molecule has 0 N–H and O–H groups in total. The molecule has 3 aromatic carbocycles. The van der Waals surface area contributed by atoms with E-state index in [4.69, 9.17) is 37.3 Å². The van der Waals surface area contributed by atoms with Crippen LogP contribution in [0, 0.1) is 10.1 Å². The van der Waals surface area contributed by atoms with Gasteiger partial charge in [-0.05, 0) is 58.7 Å². The lowest BCUT2D eigenvalue weighted by Gasteiger charge is -2.25. The number of fused-ring (bicyclic) bond motifs is 1. The van der Waals surface area contributed by atoms with Gasteiger partial charge < -0.3 is 9.15 Å². The van der Waals surface area contributed by atoms with E-state index in [0.717, 1.165) is 11.3 Å². The van der Waals surface area contributed by atoms with Crippen molar-refractivity contribution in [1.29, 1.82) is 0 Å². The Morgan fingerprint density at radius 1 is 1.11 bits per heavy atom. The predicted molar refractivity (Wildman–Crippen MR) is 176 cm³/mol. The summed E-state index contributed by atoms with van der Waals surface area (Å²) in [7, 11) is 0. The van der Waals surface area contributed by atoms with Gasteiger partial charge in [0.2, 0.25) is 0 Å². The standard InChI is InChI=1S/C32H20BrCl2N3O6S/c1-2-43-31(40)26-28(17-6-4-3-5-7-17)36-32-37(29(26)18-8-10-20(34)11-9-18)30(39)25(45-32)16-21-12-13-24(44-21)19-14-22(35)27(33)23(15-19)38(41)42/h3-16,29H,2H2,1H3/b25-16-/t29-/m1/s1. The molecule has 45 heavy (non-hydrogen) atoms. The first-order valence-corrected chi connectivity index (χ1v) is 15.8. The van der Waals surface area contributed by atoms with Crippen molar-refractivity contribution in [3.63, 3.8) is 0 Å². The summed E-state index contributed by atoms with van der Waals surface area (Å²) < 4.78 is 13.4.